The molecular weight excluding hydrogens is 332 g/mol. The maximum atomic E-state index is 12.3. The average Bonchev–Trinajstić information content (AvgIpc) is 2.63. The fourth-order valence-corrected chi connectivity index (χ4v) is 2.93. The molecule has 3 amide bonds. The van der Waals surface area contributed by atoms with Gasteiger partial charge in [-0.05, 0) is 43.9 Å². The number of hydrogen-bond acceptors (Lipinski definition) is 4. The maximum Gasteiger partial charge on any atom is 0.319 e. The molecule has 144 valence electrons. The third-order valence-corrected chi connectivity index (χ3v) is 4.42. The van der Waals surface area contributed by atoms with Crippen LogP contribution >= 0.6 is 0 Å². The van der Waals surface area contributed by atoms with E-state index in [9.17, 15) is 9.59 Å². The SMILES string of the molecule is CCCOc1cc(C)ccc1NC(=O)NC1CCN(CC(=O)NC)CC1. The van der Waals surface area contributed by atoms with E-state index in [1.165, 1.54) is 0 Å². The lowest BCUT2D eigenvalue weighted by Crippen LogP contribution is -2.48. The van der Waals surface area contributed by atoms with Crippen molar-refractivity contribution < 1.29 is 14.3 Å². The summed E-state index contributed by atoms with van der Waals surface area (Å²) in [4.78, 5) is 25.9. The fraction of sp³-hybridized carbons (Fsp3) is 0.579. The summed E-state index contributed by atoms with van der Waals surface area (Å²) in [6.07, 6.45) is 2.57. The molecule has 0 spiro atoms. The summed E-state index contributed by atoms with van der Waals surface area (Å²) in [5.41, 5.74) is 1.77. The zero-order chi connectivity index (χ0) is 18.9. The molecule has 3 N–H and O–H groups in total. The van der Waals surface area contributed by atoms with Gasteiger partial charge in [0.1, 0.15) is 5.75 Å². The number of ether oxygens (including phenoxy) is 1. The summed E-state index contributed by atoms with van der Waals surface area (Å²) in [5, 5.41) is 8.55. The van der Waals surface area contributed by atoms with Crippen LogP contribution in [0, 0.1) is 6.92 Å². The highest BCUT2D eigenvalue weighted by Gasteiger charge is 2.22. The van der Waals surface area contributed by atoms with Crippen LogP contribution in [0.4, 0.5) is 10.5 Å². The van der Waals surface area contributed by atoms with Gasteiger partial charge >= 0.3 is 6.03 Å². The normalized spacial score (nSPS) is 15.3. The zero-order valence-corrected chi connectivity index (χ0v) is 15.9. The lowest BCUT2D eigenvalue weighted by atomic mass is 10.1. The van der Waals surface area contributed by atoms with Crippen LogP contribution in [0.3, 0.4) is 0 Å². The summed E-state index contributed by atoms with van der Waals surface area (Å²) < 4.78 is 5.73. The lowest BCUT2D eigenvalue weighted by Gasteiger charge is -2.31. The second-order valence-corrected chi connectivity index (χ2v) is 6.67. The molecule has 26 heavy (non-hydrogen) atoms. The molecule has 1 saturated heterocycles. The van der Waals surface area contributed by atoms with Crippen LogP contribution in [0.15, 0.2) is 18.2 Å². The highest BCUT2D eigenvalue weighted by atomic mass is 16.5. The highest BCUT2D eigenvalue weighted by Crippen LogP contribution is 2.26. The number of aryl methyl sites for hydroxylation is 1. The standard InChI is InChI=1S/C19H30N4O3/c1-4-11-26-17-12-14(2)5-6-16(17)22-19(25)21-15-7-9-23(10-8-15)13-18(24)20-3/h5-6,12,15H,4,7-11,13H2,1-3H3,(H,20,24)(H2,21,22,25). The Morgan fingerprint density at radius 2 is 2.00 bits per heavy atom. The number of urea groups is 1. The monoisotopic (exact) mass is 362 g/mol. The van der Waals surface area contributed by atoms with Crippen LogP contribution in [0.25, 0.3) is 0 Å². The molecule has 1 aromatic rings. The van der Waals surface area contributed by atoms with Gasteiger partial charge in [0, 0.05) is 26.2 Å². The van der Waals surface area contributed by atoms with E-state index >= 15 is 0 Å². The zero-order valence-electron chi connectivity index (χ0n) is 15.9. The first-order chi connectivity index (χ1) is 12.5. The molecule has 2 rings (SSSR count). The number of likely N-dealkylation sites (tertiary alicyclic amines) is 1. The fourth-order valence-electron chi connectivity index (χ4n) is 2.93. The molecule has 1 aliphatic rings. The minimum absolute atomic E-state index is 0.0214. The minimum atomic E-state index is -0.222. The Labute approximate surface area is 155 Å². The van der Waals surface area contributed by atoms with E-state index in [4.69, 9.17) is 4.74 Å². The van der Waals surface area contributed by atoms with E-state index in [0.717, 1.165) is 37.9 Å². The van der Waals surface area contributed by atoms with Crippen LogP contribution < -0.4 is 20.7 Å². The maximum absolute atomic E-state index is 12.3. The second-order valence-electron chi connectivity index (χ2n) is 6.67. The molecule has 1 aliphatic heterocycles. The molecule has 0 aromatic heterocycles. The van der Waals surface area contributed by atoms with Gasteiger partial charge in [-0.1, -0.05) is 13.0 Å². The third kappa shape index (κ3) is 6.22. The molecule has 0 unspecified atom stereocenters. The summed E-state index contributed by atoms with van der Waals surface area (Å²) >= 11 is 0. The van der Waals surface area contributed by atoms with Crippen LogP contribution in [0.5, 0.6) is 5.75 Å². The smallest absolute Gasteiger partial charge is 0.319 e. The Kier molecular flexibility index (Phi) is 7.72. The van der Waals surface area contributed by atoms with Crippen molar-refractivity contribution in [3.8, 4) is 5.75 Å². The van der Waals surface area contributed by atoms with E-state index in [0.29, 0.717) is 24.6 Å². The van der Waals surface area contributed by atoms with Gasteiger partial charge in [-0.3, -0.25) is 9.69 Å². The summed E-state index contributed by atoms with van der Waals surface area (Å²) in [6, 6.07) is 5.64. The molecule has 0 aliphatic carbocycles. The van der Waals surface area contributed by atoms with E-state index in [-0.39, 0.29) is 18.0 Å². The van der Waals surface area contributed by atoms with Crippen molar-refractivity contribution in [2.75, 3.05) is 38.6 Å². The van der Waals surface area contributed by atoms with Crippen molar-refractivity contribution >= 4 is 17.6 Å². The number of piperidine rings is 1. The van der Waals surface area contributed by atoms with E-state index in [2.05, 4.69) is 20.9 Å². The van der Waals surface area contributed by atoms with Gasteiger partial charge in [0.25, 0.3) is 0 Å². The van der Waals surface area contributed by atoms with Gasteiger partial charge < -0.3 is 20.7 Å². The Morgan fingerprint density at radius 3 is 2.65 bits per heavy atom. The number of carbonyl (C=O) groups excluding carboxylic acids is 2. The molecule has 7 nitrogen and oxygen atoms in total. The van der Waals surface area contributed by atoms with Gasteiger partial charge in [0.05, 0.1) is 18.8 Å². The minimum Gasteiger partial charge on any atom is -0.491 e. The topological polar surface area (TPSA) is 82.7 Å². The molecule has 1 heterocycles. The van der Waals surface area contributed by atoms with Crippen molar-refractivity contribution in [1.29, 1.82) is 0 Å². The van der Waals surface area contributed by atoms with Crippen LogP contribution in [0.2, 0.25) is 0 Å². The molecule has 7 heteroatoms. The molecule has 1 fully saturated rings. The Hall–Kier alpha value is -2.28. The van der Waals surface area contributed by atoms with Crippen molar-refractivity contribution in [2.24, 2.45) is 0 Å². The average molecular weight is 362 g/mol. The van der Waals surface area contributed by atoms with Crippen molar-refractivity contribution in [3.63, 3.8) is 0 Å². The highest BCUT2D eigenvalue weighted by molar-refractivity contribution is 5.91. The van der Waals surface area contributed by atoms with E-state index < -0.39 is 0 Å². The van der Waals surface area contributed by atoms with Crippen LogP contribution in [-0.2, 0) is 4.79 Å². The van der Waals surface area contributed by atoms with Crippen molar-refractivity contribution in [3.05, 3.63) is 23.8 Å². The van der Waals surface area contributed by atoms with Gasteiger partial charge in [-0.2, -0.15) is 0 Å². The van der Waals surface area contributed by atoms with Gasteiger partial charge in [0.2, 0.25) is 5.91 Å². The largest absolute Gasteiger partial charge is 0.491 e. The number of carbonyl (C=O) groups is 2. The number of nitrogens with zero attached hydrogens (tertiary/aromatic N) is 1. The van der Waals surface area contributed by atoms with Crippen molar-refractivity contribution in [1.82, 2.24) is 15.5 Å². The quantitative estimate of drug-likeness (QED) is 0.694. The summed E-state index contributed by atoms with van der Waals surface area (Å²) in [6.45, 7) is 6.67. The number of likely N-dealkylation sites (N-methyl/N-ethyl adjacent to an activating group) is 1. The first-order valence-corrected chi connectivity index (χ1v) is 9.25. The predicted molar refractivity (Wildman–Crippen MR) is 103 cm³/mol. The second kappa shape index (κ2) is 10.0. The van der Waals surface area contributed by atoms with Gasteiger partial charge in [0.15, 0.2) is 0 Å². The van der Waals surface area contributed by atoms with Crippen LogP contribution in [0.1, 0.15) is 31.7 Å². The number of hydrogen-bond donors (Lipinski definition) is 3. The lowest BCUT2D eigenvalue weighted by molar-refractivity contribution is -0.122. The number of benzene rings is 1. The summed E-state index contributed by atoms with van der Waals surface area (Å²) in [5.74, 6) is 0.718. The molecule has 0 bridgehead atoms. The van der Waals surface area contributed by atoms with Crippen LogP contribution in [-0.4, -0.2) is 56.2 Å². The predicted octanol–water partition coefficient (Wildman–Crippen LogP) is 2.12. The first-order valence-electron chi connectivity index (χ1n) is 9.25. The Balaban J connectivity index is 1.83. The number of nitrogens with one attached hydrogen (secondary N) is 3. The Bertz CT molecular complexity index is 613. The number of anilines is 1. The van der Waals surface area contributed by atoms with Gasteiger partial charge in [-0.25, -0.2) is 4.79 Å². The number of amides is 3. The van der Waals surface area contributed by atoms with E-state index in [1.54, 1.807) is 7.05 Å². The van der Waals surface area contributed by atoms with Crippen molar-refractivity contribution in [2.45, 2.75) is 39.2 Å². The molecule has 0 saturated carbocycles. The van der Waals surface area contributed by atoms with Gasteiger partial charge in [-0.15, -0.1) is 0 Å². The molecule has 1 aromatic carbocycles. The molecule has 0 radical (unpaired) electrons. The summed E-state index contributed by atoms with van der Waals surface area (Å²) in [7, 11) is 1.64. The van der Waals surface area contributed by atoms with E-state index in [1.807, 2.05) is 32.0 Å². The Morgan fingerprint density at radius 1 is 1.27 bits per heavy atom. The third-order valence-electron chi connectivity index (χ3n) is 4.42. The first kappa shape index (κ1) is 20.0. The number of rotatable bonds is 7. The molecular formula is C19H30N4O3. The molecule has 0 atom stereocenters.